The molecule has 2 heterocycles. The number of nitrogens with zero attached hydrogens (tertiary/aromatic N) is 2. The number of anilines is 2. The predicted octanol–water partition coefficient (Wildman–Crippen LogP) is 4.44. The van der Waals surface area contributed by atoms with Gasteiger partial charge in [0.25, 0.3) is 0 Å². The molecule has 2 aliphatic rings. The lowest BCUT2D eigenvalue weighted by Gasteiger charge is -2.25. The minimum Gasteiger partial charge on any atom is -0.505 e. The fourth-order valence-corrected chi connectivity index (χ4v) is 6.74. The van der Waals surface area contributed by atoms with Gasteiger partial charge in [-0.05, 0) is 42.9 Å². The van der Waals surface area contributed by atoms with Gasteiger partial charge in [0.15, 0.2) is 11.6 Å². The average molecular weight is 539 g/mol. The molecule has 12 heteroatoms. The van der Waals surface area contributed by atoms with Crippen molar-refractivity contribution in [3.05, 3.63) is 29.5 Å². The van der Waals surface area contributed by atoms with Crippen LogP contribution in [0.15, 0.2) is 23.0 Å². The van der Waals surface area contributed by atoms with Crippen LogP contribution in [0, 0.1) is 5.41 Å². The van der Waals surface area contributed by atoms with Crippen molar-refractivity contribution in [1.29, 1.82) is 0 Å². The van der Waals surface area contributed by atoms with Crippen LogP contribution in [0.4, 0.5) is 11.4 Å². The summed E-state index contributed by atoms with van der Waals surface area (Å²) in [4.78, 5) is 10.8. The third kappa shape index (κ3) is 5.58. The first-order valence-electron chi connectivity index (χ1n) is 12.1. The van der Waals surface area contributed by atoms with E-state index in [4.69, 9.17) is 0 Å². The highest BCUT2D eigenvalue weighted by Crippen LogP contribution is 2.50. The molecule has 4 rings (SSSR count). The zero-order valence-electron chi connectivity index (χ0n) is 21.1. The molecule has 1 unspecified atom stereocenters. The second-order valence-electron chi connectivity index (χ2n) is 11.0. The van der Waals surface area contributed by atoms with Gasteiger partial charge in [-0.3, -0.25) is 9.29 Å². The summed E-state index contributed by atoms with van der Waals surface area (Å²) >= 11 is 0. The van der Waals surface area contributed by atoms with Crippen LogP contribution in [-0.4, -0.2) is 40.2 Å². The van der Waals surface area contributed by atoms with E-state index >= 15 is 0 Å². The van der Waals surface area contributed by atoms with Crippen molar-refractivity contribution >= 4 is 40.1 Å². The van der Waals surface area contributed by atoms with Crippen molar-refractivity contribution in [2.24, 2.45) is 10.2 Å². The number of rotatable bonds is 6. The Hall–Kier alpha value is -2.49. The molecule has 1 atom stereocenters. The van der Waals surface area contributed by atoms with Crippen LogP contribution in [-0.2, 0) is 21.1 Å². The molecule has 0 bridgehead atoms. The molecule has 2 aromatic rings. The summed E-state index contributed by atoms with van der Waals surface area (Å²) in [5.74, 6) is -0.347. The number of nitrogens with one attached hydrogen (secondary N) is 2. The maximum atomic E-state index is 13.2. The van der Waals surface area contributed by atoms with E-state index in [0.29, 0.717) is 12.2 Å². The predicted molar refractivity (Wildman–Crippen MR) is 142 cm³/mol. The van der Waals surface area contributed by atoms with Gasteiger partial charge in [-0.25, -0.2) is 8.42 Å². The van der Waals surface area contributed by atoms with E-state index in [1.165, 1.54) is 18.2 Å². The second-order valence-corrected chi connectivity index (χ2v) is 14.5. The Balaban J connectivity index is 1.79. The van der Waals surface area contributed by atoms with Gasteiger partial charge in [0.1, 0.15) is 5.56 Å². The molecular weight excluding hydrogens is 503 g/mol. The van der Waals surface area contributed by atoms with Crippen LogP contribution < -0.4 is 15.3 Å². The van der Waals surface area contributed by atoms with Gasteiger partial charge >= 0.3 is 7.52 Å². The van der Waals surface area contributed by atoms with Crippen molar-refractivity contribution in [1.82, 2.24) is 4.57 Å². The van der Waals surface area contributed by atoms with Crippen molar-refractivity contribution in [3.63, 3.8) is 0 Å². The molecule has 1 saturated carbocycles. The first kappa shape index (κ1) is 26.6. The monoisotopic (exact) mass is 538 g/mol. The minimum absolute atomic E-state index is 0.00254. The largest absolute Gasteiger partial charge is 0.505 e. The van der Waals surface area contributed by atoms with E-state index in [-0.39, 0.29) is 51.0 Å². The first-order chi connectivity index (χ1) is 16.7. The van der Waals surface area contributed by atoms with Gasteiger partial charge in [-0.1, -0.05) is 40.0 Å². The number of amidine groups is 1. The van der Waals surface area contributed by atoms with Gasteiger partial charge in [0.2, 0.25) is 15.9 Å². The summed E-state index contributed by atoms with van der Waals surface area (Å²) < 4.78 is 44.4. The zero-order valence-corrected chi connectivity index (χ0v) is 22.8. The lowest BCUT2D eigenvalue weighted by Crippen LogP contribution is -2.25. The molecule has 1 aromatic carbocycles. The Kier molecular flexibility index (Phi) is 6.96. The van der Waals surface area contributed by atoms with Crippen LogP contribution in [0.25, 0.3) is 0 Å². The summed E-state index contributed by atoms with van der Waals surface area (Å²) in [6.45, 7) is 6.80. The molecule has 5 N–H and O–H groups in total. The Bertz CT molecular complexity index is 1350. The molecule has 198 valence electrons. The normalized spacial score (nSPS) is 21.0. The summed E-state index contributed by atoms with van der Waals surface area (Å²) in [5.41, 5.74) is 1.01. The van der Waals surface area contributed by atoms with Crippen LogP contribution in [0.1, 0.15) is 76.5 Å². The molecule has 36 heavy (non-hydrogen) atoms. The number of hydrogen-bond acceptors (Lipinski definition) is 6. The Morgan fingerprint density at radius 2 is 1.86 bits per heavy atom. The van der Waals surface area contributed by atoms with E-state index < -0.39 is 17.5 Å². The van der Waals surface area contributed by atoms with Crippen molar-refractivity contribution < 1.29 is 28.1 Å². The Morgan fingerprint density at radius 1 is 1.19 bits per heavy atom. The highest BCUT2D eigenvalue weighted by atomic mass is 32.2. The molecule has 1 aliphatic carbocycles. The maximum absolute atomic E-state index is 13.2. The molecule has 0 amide bonds. The number of hydrogen-bond donors (Lipinski definition) is 5. The van der Waals surface area contributed by atoms with Crippen molar-refractivity contribution in [3.8, 4) is 11.6 Å². The van der Waals surface area contributed by atoms with Crippen LogP contribution in [0.3, 0.4) is 0 Å². The quantitative estimate of drug-likeness (QED) is 0.341. The van der Waals surface area contributed by atoms with E-state index in [2.05, 4.69) is 35.6 Å². The smallest absolute Gasteiger partial charge is 0.346 e. The molecule has 1 aliphatic heterocycles. The Labute approximate surface area is 212 Å². The molecule has 1 fully saturated rings. The Morgan fingerprint density at radius 3 is 2.47 bits per heavy atom. The third-order valence-electron chi connectivity index (χ3n) is 6.67. The standard InChI is InChI=1S/C24H35N4O6PS/c1-24(2,3)12-13-28-20(15-8-6-5-7-9-15)21(29)19(23(28)30)22-25-17-11-10-16(27-36(4,33)34)14-18(17)35(31,32)26-22/h10-11,14-15,27,29-30H,5-9,12-13H2,1-4H3,(H2,25,26,31,32). The molecule has 0 radical (unpaired) electrons. The SMILES string of the molecule is CC(C)(C)CCn1c(O)c(C2=NP(=O)(O)c3cc(NS(C)(=O)=O)ccc3N2)c(O)c1C1CCCCC1. The molecule has 0 saturated heterocycles. The van der Waals surface area contributed by atoms with Crippen molar-refractivity contribution in [2.45, 2.75) is 71.8 Å². The molecule has 1 aromatic heterocycles. The average Bonchev–Trinajstić information content (AvgIpc) is 3.00. The maximum Gasteiger partial charge on any atom is 0.346 e. The van der Waals surface area contributed by atoms with E-state index in [1.807, 2.05) is 0 Å². The van der Waals surface area contributed by atoms with Gasteiger partial charge < -0.3 is 25.0 Å². The summed E-state index contributed by atoms with van der Waals surface area (Å²) in [7, 11) is -7.93. The molecule has 10 nitrogen and oxygen atoms in total. The topological polar surface area (TPSA) is 153 Å². The van der Waals surface area contributed by atoms with Gasteiger partial charge in [-0.15, -0.1) is 0 Å². The van der Waals surface area contributed by atoms with E-state index in [1.54, 1.807) is 4.57 Å². The minimum atomic E-state index is -4.35. The van der Waals surface area contributed by atoms with Crippen LogP contribution in [0.5, 0.6) is 11.6 Å². The third-order valence-corrected chi connectivity index (χ3v) is 8.74. The second kappa shape index (κ2) is 9.43. The van der Waals surface area contributed by atoms with E-state index in [9.17, 15) is 28.1 Å². The van der Waals surface area contributed by atoms with E-state index in [0.717, 1.165) is 44.8 Å². The zero-order chi connectivity index (χ0) is 26.5. The van der Waals surface area contributed by atoms with Gasteiger partial charge in [-0.2, -0.15) is 4.76 Å². The molecular formula is C24H35N4O6PS. The summed E-state index contributed by atoms with van der Waals surface area (Å²) in [5, 5.41) is 25.6. The number of aromatic hydroxyl groups is 2. The highest BCUT2D eigenvalue weighted by molar-refractivity contribution is 7.92. The van der Waals surface area contributed by atoms with Gasteiger partial charge in [0, 0.05) is 18.2 Å². The molecule has 0 spiro atoms. The van der Waals surface area contributed by atoms with Crippen LogP contribution >= 0.6 is 7.52 Å². The first-order valence-corrected chi connectivity index (χ1v) is 15.6. The number of fused-ring (bicyclic) bond motifs is 1. The van der Waals surface area contributed by atoms with Crippen molar-refractivity contribution in [2.75, 3.05) is 16.3 Å². The lowest BCUT2D eigenvalue weighted by molar-refractivity contribution is 0.318. The highest BCUT2D eigenvalue weighted by Gasteiger charge is 2.37. The number of sulfonamides is 1. The fraction of sp³-hybridized carbons (Fsp3) is 0.542. The fourth-order valence-electron chi connectivity index (χ4n) is 4.90. The summed E-state index contributed by atoms with van der Waals surface area (Å²) in [6, 6.07) is 4.18. The lowest BCUT2D eigenvalue weighted by atomic mass is 9.86. The summed E-state index contributed by atoms with van der Waals surface area (Å²) in [6.07, 6.45) is 6.73. The number of aromatic nitrogens is 1. The van der Waals surface area contributed by atoms with Gasteiger partial charge in [0.05, 0.1) is 22.9 Å². The number of benzene rings is 1. The van der Waals surface area contributed by atoms with Crippen LogP contribution in [0.2, 0.25) is 0 Å².